The Morgan fingerprint density at radius 3 is 2.52 bits per heavy atom. The van der Waals surface area contributed by atoms with E-state index in [4.69, 9.17) is 9.26 Å². The Morgan fingerprint density at radius 2 is 1.92 bits per heavy atom. The molecule has 2 aromatic rings. The Morgan fingerprint density at radius 1 is 1.24 bits per heavy atom. The molecule has 0 aliphatic rings. The van der Waals surface area contributed by atoms with Gasteiger partial charge in [0.25, 0.3) is 5.91 Å². The maximum Gasteiger partial charge on any atom is 0.316 e. The molecule has 7 heteroatoms. The van der Waals surface area contributed by atoms with Crippen molar-refractivity contribution >= 4 is 29.3 Å². The van der Waals surface area contributed by atoms with Crippen molar-refractivity contribution in [2.45, 2.75) is 39.6 Å². The molecular weight excluding hydrogens is 340 g/mol. The molecule has 1 aromatic carbocycles. The zero-order chi connectivity index (χ0) is 18.4. The normalized spacial score (nSPS) is 11.8. The number of nitrogens with one attached hydrogen (secondary N) is 1. The molecule has 1 aromatic heterocycles. The van der Waals surface area contributed by atoms with Gasteiger partial charge in [0.05, 0.1) is 11.4 Å². The van der Waals surface area contributed by atoms with E-state index in [1.165, 1.54) is 11.8 Å². The summed E-state index contributed by atoms with van der Waals surface area (Å²) in [6.07, 6.45) is -0.853. The van der Waals surface area contributed by atoms with Gasteiger partial charge in [0.15, 0.2) is 6.10 Å². The van der Waals surface area contributed by atoms with Gasteiger partial charge in [-0.3, -0.25) is 9.59 Å². The van der Waals surface area contributed by atoms with E-state index in [-0.39, 0.29) is 11.7 Å². The number of rotatable bonds is 7. The van der Waals surface area contributed by atoms with Gasteiger partial charge in [-0.2, -0.15) is 0 Å². The van der Waals surface area contributed by atoms with Crippen LogP contribution < -0.4 is 5.32 Å². The zero-order valence-corrected chi connectivity index (χ0v) is 15.6. The van der Waals surface area contributed by atoms with Crippen LogP contribution in [-0.2, 0) is 20.1 Å². The molecule has 1 atom stereocenters. The third-order valence-electron chi connectivity index (χ3n) is 3.64. The van der Waals surface area contributed by atoms with Crippen LogP contribution in [0.4, 0.5) is 5.69 Å². The molecule has 134 valence electrons. The number of thioether (sulfide) groups is 1. The largest absolute Gasteiger partial charge is 0.452 e. The summed E-state index contributed by atoms with van der Waals surface area (Å²) in [7, 11) is 0. The molecule has 6 nitrogen and oxygen atoms in total. The lowest BCUT2D eigenvalue weighted by Crippen LogP contribution is -2.30. The van der Waals surface area contributed by atoms with E-state index in [1.54, 1.807) is 19.1 Å². The second-order valence-electron chi connectivity index (χ2n) is 5.78. The monoisotopic (exact) mass is 362 g/mol. The number of anilines is 1. The summed E-state index contributed by atoms with van der Waals surface area (Å²) >= 11 is 1.40. The average Bonchev–Trinajstić information content (AvgIpc) is 2.88. The predicted molar refractivity (Wildman–Crippen MR) is 97.5 cm³/mol. The van der Waals surface area contributed by atoms with Gasteiger partial charge >= 0.3 is 5.97 Å². The second kappa shape index (κ2) is 8.71. The number of carbonyl (C=O) groups excluding carboxylic acids is 2. The highest BCUT2D eigenvalue weighted by Gasteiger charge is 2.18. The fraction of sp³-hybridized carbons (Fsp3) is 0.389. The third-order valence-corrected chi connectivity index (χ3v) is 4.58. The van der Waals surface area contributed by atoms with Crippen molar-refractivity contribution in [3.8, 4) is 0 Å². The molecule has 0 aliphatic heterocycles. The molecule has 0 saturated heterocycles. The van der Waals surface area contributed by atoms with Crippen LogP contribution in [0, 0.1) is 20.8 Å². The van der Waals surface area contributed by atoms with E-state index in [9.17, 15) is 9.59 Å². The van der Waals surface area contributed by atoms with Crippen LogP contribution in [0.15, 0.2) is 28.8 Å². The van der Waals surface area contributed by atoms with E-state index < -0.39 is 12.1 Å². The third kappa shape index (κ3) is 5.63. The van der Waals surface area contributed by atoms with E-state index in [1.807, 2.05) is 32.9 Å². The molecule has 0 unspecified atom stereocenters. The van der Waals surface area contributed by atoms with Gasteiger partial charge in [0.2, 0.25) is 0 Å². The Hall–Kier alpha value is -2.28. The van der Waals surface area contributed by atoms with Crippen molar-refractivity contribution in [2.75, 3.05) is 11.1 Å². The number of aromatic nitrogens is 1. The maximum absolute atomic E-state index is 12.1. The summed E-state index contributed by atoms with van der Waals surface area (Å²) in [4.78, 5) is 24.0. The highest BCUT2D eigenvalue weighted by atomic mass is 32.2. The Kier molecular flexibility index (Phi) is 6.64. The molecular formula is C18H22N2O4S. The number of carbonyl (C=O) groups is 2. The van der Waals surface area contributed by atoms with Crippen molar-refractivity contribution < 1.29 is 18.8 Å². The SMILES string of the molecule is Cc1ccc(NC(=O)[C@@H](C)OC(=O)CSCc2c(C)noc2C)cc1. The number of benzene rings is 1. The van der Waals surface area contributed by atoms with Gasteiger partial charge in [0, 0.05) is 17.0 Å². The molecule has 0 saturated carbocycles. The summed E-state index contributed by atoms with van der Waals surface area (Å²) in [6, 6.07) is 7.41. The molecule has 0 fully saturated rings. The van der Waals surface area contributed by atoms with Gasteiger partial charge in [0.1, 0.15) is 5.76 Å². The summed E-state index contributed by atoms with van der Waals surface area (Å²) in [5.74, 6) is 0.743. The van der Waals surface area contributed by atoms with E-state index in [2.05, 4.69) is 10.5 Å². The quantitative estimate of drug-likeness (QED) is 0.760. The summed E-state index contributed by atoms with van der Waals surface area (Å²) < 4.78 is 10.3. The van der Waals surface area contributed by atoms with Gasteiger partial charge < -0.3 is 14.6 Å². The zero-order valence-electron chi connectivity index (χ0n) is 14.8. The molecule has 1 heterocycles. The minimum Gasteiger partial charge on any atom is -0.452 e. The van der Waals surface area contributed by atoms with Crippen LogP contribution in [0.25, 0.3) is 0 Å². The fourth-order valence-corrected chi connectivity index (χ4v) is 3.06. The van der Waals surface area contributed by atoms with Crippen molar-refractivity contribution in [3.63, 3.8) is 0 Å². The summed E-state index contributed by atoms with van der Waals surface area (Å²) in [5.41, 5.74) is 3.59. The number of nitrogens with zero attached hydrogens (tertiary/aromatic N) is 1. The number of esters is 1. The van der Waals surface area contributed by atoms with Crippen LogP contribution >= 0.6 is 11.8 Å². The first-order chi connectivity index (χ1) is 11.9. The molecule has 0 bridgehead atoms. The number of ether oxygens (including phenoxy) is 1. The van der Waals surface area contributed by atoms with Crippen LogP contribution in [0.5, 0.6) is 0 Å². The van der Waals surface area contributed by atoms with Crippen LogP contribution in [0.1, 0.15) is 29.5 Å². The Balaban J connectivity index is 1.75. The average molecular weight is 362 g/mol. The molecule has 2 rings (SSSR count). The lowest BCUT2D eigenvalue weighted by atomic mass is 10.2. The Bertz CT molecular complexity index is 721. The molecule has 0 aliphatic carbocycles. The predicted octanol–water partition coefficient (Wildman–Crippen LogP) is 3.40. The first kappa shape index (κ1) is 19.1. The standard InChI is InChI=1S/C18H22N2O4S/c1-11-5-7-15(8-6-11)19-18(22)14(4)23-17(21)10-25-9-16-12(2)20-24-13(16)3/h5-8,14H,9-10H2,1-4H3,(H,19,22)/t14-/m1/s1. The maximum atomic E-state index is 12.1. The smallest absolute Gasteiger partial charge is 0.316 e. The highest BCUT2D eigenvalue weighted by molar-refractivity contribution is 7.99. The first-order valence-corrected chi connectivity index (χ1v) is 9.08. The number of amides is 1. The van der Waals surface area contributed by atoms with Crippen LogP contribution in [0.2, 0.25) is 0 Å². The topological polar surface area (TPSA) is 81.4 Å². The number of hydrogen-bond acceptors (Lipinski definition) is 6. The molecule has 0 spiro atoms. The second-order valence-corrected chi connectivity index (χ2v) is 6.77. The van der Waals surface area contributed by atoms with Gasteiger partial charge in [-0.15, -0.1) is 11.8 Å². The van der Waals surface area contributed by atoms with Gasteiger partial charge in [-0.1, -0.05) is 22.9 Å². The summed E-state index contributed by atoms with van der Waals surface area (Å²) in [6.45, 7) is 7.23. The first-order valence-electron chi connectivity index (χ1n) is 7.93. The summed E-state index contributed by atoms with van der Waals surface area (Å²) in [5, 5.41) is 6.60. The van der Waals surface area contributed by atoms with Crippen molar-refractivity contribution in [1.29, 1.82) is 0 Å². The van der Waals surface area contributed by atoms with Crippen molar-refractivity contribution in [1.82, 2.24) is 5.16 Å². The van der Waals surface area contributed by atoms with Crippen molar-refractivity contribution in [3.05, 3.63) is 46.8 Å². The molecule has 25 heavy (non-hydrogen) atoms. The highest BCUT2D eigenvalue weighted by Crippen LogP contribution is 2.19. The van der Waals surface area contributed by atoms with Crippen LogP contribution in [0.3, 0.4) is 0 Å². The number of aryl methyl sites for hydroxylation is 3. The molecule has 1 N–H and O–H groups in total. The Labute approximate surface area is 151 Å². The van der Waals surface area contributed by atoms with Gasteiger partial charge in [-0.05, 0) is 39.8 Å². The molecule has 0 radical (unpaired) electrons. The minimum atomic E-state index is -0.853. The minimum absolute atomic E-state index is 0.159. The van der Waals surface area contributed by atoms with Gasteiger partial charge in [-0.25, -0.2) is 0 Å². The van der Waals surface area contributed by atoms with E-state index >= 15 is 0 Å². The fourth-order valence-electron chi connectivity index (χ4n) is 2.11. The lowest BCUT2D eigenvalue weighted by molar-refractivity contribution is -0.150. The van der Waals surface area contributed by atoms with Crippen molar-refractivity contribution in [2.24, 2.45) is 0 Å². The number of hydrogen-bond donors (Lipinski definition) is 1. The lowest BCUT2D eigenvalue weighted by Gasteiger charge is -2.13. The van der Waals surface area contributed by atoms with Crippen LogP contribution in [-0.4, -0.2) is 28.9 Å². The van der Waals surface area contributed by atoms with E-state index in [0.29, 0.717) is 11.4 Å². The molecule has 1 amide bonds. The van der Waals surface area contributed by atoms with E-state index in [0.717, 1.165) is 22.6 Å².